The summed E-state index contributed by atoms with van der Waals surface area (Å²) < 4.78 is 41.7. The summed E-state index contributed by atoms with van der Waals surface area (Å²) in [4.78, 5) is 1.03. The molecule has 19 heavy (non-hydrogen) atoms. The van der Waals surface area contributed by atoms with Crippen LogP contribution >= 0.6 is 11.3 Å². The lowest BCUT2D eigenvalue weighted by molar-refractivity contribution is -0.135. The number of thiophene rings is 1. The van der Waals surface area contributed by atoms with Gasteiger partial charge in [0.25, 0.3) is 0 Å². The molecular weight excluding hydrogens is 275 g/mol. The maximum Gasteiger partial charge on any atom is 0.389 e. The van der Waals surface area contributed by atoms with Crippen LogP contribution in [0.25, 0.3) is 0 Å². The minimum Gasteiger partial charge on any atom is -0.496 e. The summed E-state index contributed by atoms with van der Waals surface area (Å²) in [7, 11) is 1.59. The predicted molar refractivity (Wildman–Crippen MR) is 71.8 cm³/mol. The smallest absolute Gasteiger partial charge is 0.389 e. The van der Waals surface area contributed by atoms with Crippen molar-refractivity contribution >= 4 is 11.3 Å². The van der Waals surface area contributed by atoms with Crippen LogP contribution in [0.5, 0.6) is 5.75 Å². The molecular formula is C13H20F3NOS. The lowest BCUT2D eigenvalue weighted by Crippen LogP contribution is -2.22. The Balaban J connectivity index is 2.55. The lowest BCUT2D eigenvalue weighted by atomic mass is 10.1. The Labute approximate surface area is 116 Å². The predicted octanol–water partition coefficient (Wildman–Crippen LogP) is 4.53. The third-order valence-corrected chi connectivity index (χ3v) is 3.79. The fourth-order valence-electron chi connectivity index (χ4n) is 1.79. The number of hydrogen-bond donors (Lipinski definition) is 1. The van der Waals surface area contributed by atoms with Crippen LogP contribution in [0.2, 0.25) is 0 Å². The number of halogens is 3. The van der Waals surface area contributed by atoms with E-state index < -0.39 is 12.6 Å². The van der Waals surface area contributed by atoms with E-state index in [1.165, 1.54) is 11.3 Å². The summed E-state index contributed by atoms with van der Waals surface area (Å²) in [5.41, 5.74) is 0. The highest BCUT2D eigenvalue weighted by molar-refractivity contribution is 7.10. The van der Waals surface area contributed by atoms with Gasteiger partial charge in [0, 0.05) is 22.7 Å². The van der Waals surface area contributed by atoms with E-state index in [9.17, 15) is 13.2 Å². The fourth-order valence-corrected chi connectivity index (χ4v) is 2.76. The summed E-state index contributed by atoms with van der Waals surface area (Å²) >= 11 is 1.52. The summed E-state index contributed by atoms with van der Waals surface area (Å²) in [6, 6.07) is 1.88. The molecule has 1 heterocycles. The first kappa shape index (κ1) is 16.3. The van der Waals surface area contributed by atoms with Crippen molar-refractivity contribution in [1.82, 2.24) is 5.32 Å². The quantitative estimate of drug-likeness (QED) is 0.761. The van der Waals surface area contributed by atoms with Crippen molar-refractivity contribution in [1.29, 1.82) is 0 Å². The number of methoxy groups -OCH3 is 1. The molecule has 0 spiro atoms. The molecule has 0 aliphatic rings. The maximum atomic E-state index is 12.2. The summed E-state index contributed by atoms with van der Waals surface area (Å²) in [5.74, 6) is 0.763. The van der Waals surface area contributed by atoms with E-state index in [0.29, 0.717) is 6.42 Å². The molecule has 1 atom stereocenters. The normalized spacial score (nSPS) is 13.5. The second-order valence-electron chi connectivity index (χ2n) is 4.40. The van der Waals surface area contributed by atoms with Gasteiger partial charge in [0.05, 0.1) is 7.11 Å². The largest absolute Gasteiger partial charge is 0.496 e. The van der Waals surface area contributed by atoms with Crippen molar-refractivity contribution < 1.29 is 17.9 Å². The SMILES string of the molecule is CCCNC(CCCC(F)(F)F)c1cc(OC)cs1. The Bertz CT molecular complexity index is 365. The number of ether oxygens (including phenoxy) is 1. The van der Waals surface area contributed by atoms with Crippen LogP contribution in [-0.2, 0) is 0 Å². The third kappa shape index (κ3) is 6.29. The first-order valence-corrected chi connectivity index (χ1v) is 7.26. The molecule has 1 aromatic rings. The topological polar surface area (TPSA) is 21.3 Å². The summed E-state index contributed by atoms with van der Waals surface area (Å²) in [6.07, 6.45) is -3.20. The highest BCUT2D eigenvalue weighted by Crippen LogP contribution is 2.31. The van der Waals surface area contributed by atoms with E-state index in [0.717, 1.165) is 23.6 Å². The molecule has 110 valence electrons. The van der Waals surface area contributed by atoms with Gasteiger partial charge in [-0.2, -0.15) is 13.2 Å². The average Bonchev–Trinajstić information content (AvgIpc) is 2.80. The minimum absolute atomic E-state index is 0.0174. The second-order valence-corrected chi connectivity index (χ2v) is 5.35. The lowest BCUT2D eigenvalue weighted by Gasteiger charge is -2.17. The van der Waals surface area contributed by atoms with Gasteiger partial charge in [-0.05, 0) is 31.9 Å². The van der Waals surface area contributed by atoms with Gasteiger partial charge in [-0.25, -0.2) is 0 Å². The van der Waals surface area contributed by atoms with Gasteiger partial charge < -0.3 is 10.1 Å². The molecule has 0 saturated heterocycles. The van der Waals surface area contributed by atoms with Crippen molar-refractivity contribution in [2.75, 3.05) is 13.7 Å². The zero-order valence-electron chi connectivity index (χ0n) is 11.2. The molecule has 0 fully saturated rings. The van der Waals surface area contributed by atoms with Crippen molar-refractivity contribution in [2.45, 2.75) is 44.8 Å². The van der Waals surface area contributed by atoms with Crippen molar-refractivity contribution in [3.8, 4) is 5.75 Å². The molecule has 0 aliphatic heterocycles. The molecule has 0 aliphatic carbocycles. The van der Waals surface area contributed by atoms with Gasteiger partial charge in [-0.1, -0.05) is 6.92 Å². The molecule has 1 rings (SSSR count). The van der Waals surface area contributed by atoms with Crippen molar-refractivity contribution in [2.24, 2.45) is 0 Å². The standard InChI is InChI=1S/C13H20F3NOS/c1-3-7-17-11(5-4-6-13(14,15)16)12-8-10(18-2)9-19-12/h8-9,11,17H,3-7H2,1-2H3. The van der Waals surface area contributed by atoms with Crippen LogP contribution in [-0.4, -0.2) is 19.8 Å². The van der Waals surface area contributed by atoms with Crippen LogP contribution in [0, 0.1) is 0 Å². The summed E-state index contributed by atoms with van der Waals surface area (Å²) in [6.45, 7) is 2.84. The third-order valence-electron chi connectivity index (χ3n) is 2.77. The van der Waals surface area contributed by atoms with Crippen LogP contribution in [0.4, 0.5) is 13.2 Å². The van der Waals surface area contributed by atoms with E-state index in [1.54, 1.807) is 7.11 Å². The number of nitrogens with one attached hydrogen (secondary N) is 1. The highest BCUT2D eigenvalue weighted by Gasteiger charge is 2.27. The Morgan fingerprint density at radius 1 is 1.42 bits per heavy atom. The molecule has 1 aromatic heterocycles. The van der Waals surface area contributed by atoms with Crippen LogP contribution in [0.3, 0.4) is 0 Å². The van der Waals surface area contributed by atoms with Crippen LogP contribution in [0.15, 0.2) is 11.4 Å². The molecule has 0 radical (unpaired) electrons. The zero-order chi connectivity index (χ0) is 14.3. The highest BCUT2D eigenvalue weighted by atomic mass is 32.1. The van der Waals surface area contributed by atoms with Gasteiger partial charge in [0.1, 0.15) is 5.75 Å². The van der Waals surface area contributed by atoms with E-state index in [4.69, 9.17) is 4.74 Å². The van der Waals surface area contributed by atoms with E-state index in [1.807, 2.05) is 18.4 Å². The Hall–Kier alpha value is -0.750. The maximum absolute atomic E-state index is 12.2. The van der Waals surface area contributed by atoms with Gasteiger partial charge in [-0.3, -0.25) is 0 Å². The van der Waals surface area contributed by atoms with E-state index in [-0.39, 0.29) is 12.5 Å². The Kier molecular flexibility index (Phi) is 6.65. The molecule has 0 bridgehead atoms. The molecule has 2 nitrogen and oxygen atoms in total. The van der Waals surface area contributed by atoms with Gasteiger partial charge in [-0.15, -0.1) is 11.3 Å². The van der Waals surface area contributed by atoms with Crippen LogP contribution in [0.1, 0.15) is 43.5 Å². The number of rotatable bonds is 8. The molecule has 6 heteroatoms. The first-order chi connectivity index (χ1) is 8.96. The average molecular weight is 295 g/mol. The number of hydrogen-bond acceptors (Lipinski definition) is 3. The summed E-state index contributed by atoms with van der Waals surface area (Å²) in [5, 5.41) is 5.17. The van der Waals surface area contributed by atoms with Crippen LogP contribution < -0.4 is 10.1 Å². The minimum atomic E-state index is -4.07. The second kappa shape index (κ2) is 7.75. The van der Waals surface area contributed by atoms with Crippen molar-refractivity contribution in [3.63, 3.8) is 0 Å². The Morgan fingerprint density at radius 3 is 2.68 bits per heavy atom. The zero-order valence-corrected chi connectivity index (χ0v) is 12.0. The molecule has 1 N–H and O–H groups in total. The molecule has 0 aromatic carbocycles. The van der Waals surface area contributed by atoms with Crippen molar-refractivity contribution in [3.05, 3.63) is 16.3 Å². The molecule has 0 amide bonds. The van der Waals surface area contributed by atoms with Gasteiger partial charge in [0.15, 0.2) is 0 Å². The van der Waals surface area contributed by atoms with Gasteiger partial charge >= 0.3 is 6.18 Å². The first-order valence-electron chi connectivity index (χ1n) is 6.38. The van der Waals surface area contributed by atoms with E-state index >= 15 is 0 Å². The van der Waals surface area contributed by atoms with E-state index in [2.05, 4.69) is 5.32 Å². The van der Waals surface area contributed by atoms with Gasteiger partial charge in [0.2, 0.25) is 0 Å². The molecule has 0 saturated carbocycles. The molecule has 1 unspecified atom stereocenters. The Morgan fingerprint density at radius 2 is 2.16 bits per heavy atom. The fraction of sp³-hybridized carbons (Fsp3) is 0.692. The number of alkyl halides is 3. The monoisotopic (exact) mass is 295 g/mol.